The van der Waals surface area contributed by atoms with Gasteiger partial charge in [-0.15, -0.1) is 0 Å². The number of ether oxygens (including phenoxy) is 1. The van der Waals surface area contributed by atoms with Gasteiger partial charge in [-0.3, -0.25) is 4.79 Å². The second kappa shape index (κ2) is 7.14. The molecule has 0 radical (unpaired) electrons. The largest absolute Gasteiger partial charge is 0.494 e. The van der Waals surface area contributed by atoms with Gasteiger partial charge in [-0.05, 0) is 64.9 Å². The summed E-state index contributed by atoms with van der Waals surface area (Å²) in [4.78, 5) is 11.3. The van der Waals surface area contributed by atoms with E-state index in [4.69, 9.17) is 16.3 Å². The summed E-state index contributed by atoms with van der Waals surface area (Å²) in [6.07, 6.45) is 0.793. The zero-order valence-corrected chi connectivity index (χ0v) is 13.8. The number of carboxylic acid groups (broad SMARTS) is 1. The molecule has 0 heterocycles. The van der Waals surface area contributed by atoms with Crippen molar-refractivity contribution in [1.29, 1.82) is 0 Å². The molecule has 0 saturated carbocycles. The van der Waals surface area contributed by atoms with Crippen molar-refractivity contribution < 1.29 is 14.6 Å². The van der Waals surface area contributed by atoms with Gasteiger partial charge in [-0.1, -0.05) is 11.6 Å². The van der Waals surface area contributed by atoms with Crippen LogP contribution in [0.5, 0.6) is 5.75 Å². The Balaban J connectivity index is 2.33. The molecule has 0 unspecified atom stereocenters. The Kier molecular flexibility index (Phi) is 6.05. The van der Waals surface area contributed by atoms with Crippen molar-refractivity contribution in [2.24, 2.45) is 5.41 Å². The van der Waals surface area contributed by atoms with Crippen molar-refractivity contribution in [3.8, 4) is 5.75 Å². The predicted octanol–water partition coefficient (Wildman–Crippen LogP) is 3.59. The molecule has 21 heavy (non-hydrogen) atoms. The van der Waals surface area contributed by atoms with Gasteiger partial charge in [0.05, 0.1) is 12.0 Å². The molecule has 0 aliphatic carbocycles. The first kappa shape index (κ1) is 17.8. The van der Waals surface area contributed by atoms with Crippen molar-refractivity contribution in [3.63, 3.8) is 0 Å². The van der Waals surface area contributed by atoms with Gasteiger partial charge in [-0.25, -0.2) is 0 Å². The summed E-state index contributed by atoms with van der Waals surface area (Å²) in [7, 11) is 0. The molecule has 0 saturated heterocycles. The van der Waals surface area contributed by atoms with Gasteiger partial charge in [0.2, 0.25) is 0 Å². The molecule has 0 fully saturated rings. The summed E-state index contributed by atoms with van der Waals surface area (Å²) in [5.41, 5.74) is -1.34. The number of hydrogen-bond donors (Lipinski definition) is 2. The van der Waals surface area contributed by atoms with Gasteiger partial charge < -0.3 is 15.2 Å². The Hall–Kier alpha value is -1.26. The molecule has 0 aromatic heterocycles. The van der Waals surface area contributed by atoms with Crippen LogP contribution in [0.4, 0.5) is 0 Å². The van der Waals surface area contributed by atoms with E-state index in [2.05, 4.69) is 5.32 Å². The third-order valence-corrected chi connectivity index (χ3v) is 4.32. The topological polar surface area (TPSA) is 58.6 Å². The van der Waals surface area contributed by atoms with Gasteiger partial charge in [0.25, 0.3) is 0 Å². The average molecular weight is 314 g/mol. The van der Waals surface area contributed by atoms with Crippen LogP contribution in [0.1, 0.15) is 34.1 Å². The van der Waals surface area contributed by atoms with E-state index in [0.717, 1.165) is 12.2 Å². The zero-order chi connectivity index (χ0) is 16.1. The van der Waals surface area contributed by atoms with Gasteiger partial charge in [0.15, 0.2) is 0 Å². The lowest BCUT2D eigenvalue weighted by Crippen LogP contribution is -2.55. The number of aliphatic carboxylic acids is 1. The lowest BCUT2D eigenvalue weighted by Gasteiger charge is -2.39. The standard InChI is InChI=1S/C16H24ClNO3/c1-15(2,14(19)20)16(3,4)18-10-5-11-21-13-8-6-12(17)7-9-13/h6-9,18H,5,10-11H2,1-4H3,(H,19,20). The van der Waals surface area contributed by atoms with Crippen LogP contribution >= 0.6 is 11.6 Å². The van der Waals surface area contributed by atoms with Crippen LogP contribution in [0.25, 0.3) is 0 Å². The Morgan fingerprint density at radius 1 is 1.24 bits per heavy atom. The first-order chi connectivity index (χ1) is 9.67. The summed E-state index contributed by atoms with van der Waals surface area (Å²) in [6.45, 7) is 8.52. The lowest BCUT2D eigenvalue weighted by molar-refractivity contribution is -0.151. The minimum atomic E-state index is -0.843. The maximum atomic E-state index is 11.3. The number of halogens is 1. The SMILES string of the molecule is CC(C)(NCCCOc1ccc(Cl)cc1)C(C)(C)C(=O)O. The molecule has 0 bridgehead atoms. The Labute approximate surface area is 131 Å². The maximum absolute atomic E-state index is 11.3. The van der Waals surface area contributed by atoms with Crippen molar-refractivity contribution in [3.05, 3.63) is 29.3 Å². The predicted molar refractivity (Wildman–Crippen MR) is 85.1 cm³/mol. The quantitative estimate of drug-likeness (QED) is 0.720. The van der Waals surface area contributed by atoms with E-state index >= 15 is 0 Å². The first-order valence-corrected chi connectivity index (χ1v) is 7.41. The smallest absolute Gasteiger partial charge is 0.310 e. The van der Waals surface area contributed by atoms with Crippen molar-refractivity contribution >= 4 is 17.6 Å². The minimum absolute atomic E-state index is 0.501. The van der Waals surface area contributed by atoms with E-state index in [9.17, 15) is 9.90 Å². The van der Waals surface area contributed by atoms with Crippen LogP contribution < -0.4 is 10.1 Å². The molecule has 1 aromatic rings. The Bertz CT molecular complexity index is 469. The monoisotopic (exact) mass is 313 g/mol. The van der Waals surface area contributed by atoms with E-state index in [1.54, 1.807) is 26.0 Å². The third-order valence-electron chi connectivity index (χ3n) is 4.07. The molecule has 0 atom stereocenters. The summed E-state index contributed by atoms with van der Waals surface area (Å²) in [5, 5.41) is 13.3. The Morgan fingerprint density at radius 2 is 1.81 bits per heavy atom. The molecule has 0 amide bonds. The van der Waals surface area contributed by atoms with Crippen molar-refractivity contribution in [2.45, 2.75) is 39.7 Å². The summed E-state index contributed by atoms with van der Waals surface area (Å²) in [6, 6.07) is 7.22. The van der Waals surface area contributed by atoms with Crippen LogP contribution in [-0.4, -0.2) is 29.8 Å². The number of rotatable bonds is 8. The first-order valence-electron chi connectivity index (χ1n) is 7.03. The second-order valence-corrected chi connectivity index (χ2v) is 6.57. The van der Waals surface area contributed by atoms with Gasteiger partial charge in [0.1, 0.15) is 5.75 Å². The summed E-state index contributed by atoms with van der Waals surface area (Å²) in [5.74, 6) is -0.0260. The fraction of sp³-hybridized carbons (Fsp3) is 0.562. The number of benzene rings is 1. The van der Waals surface area contributed by atoms with E-state index in [1.807, 2.05) is 26.0 Å². The van der Waals surface area contributed by atoms with E-state index in [0.29, 0.717) is 18.2 Å². The van der Waals surface area contributed by atoms with Gasteiger partial charge >= 0.3 is 5.97 Å². The summed E-state index contributed by atoms with van der Waals surface area (Å²) >= 11 is 5.80. The average Bonchev–Trinajstić information content (AvgIpc) is 2.40. The molecule has 1 aromatic carbocycles. The number of carbonyl (C=O) groups is 1. The molecule has 4 nitrogen and oxygen atoms in total. The van der Waals surface area contributed by atoms with E-state index in [1.165, 1.54) is 0 Å². The maximum Gasteiger partial charge on any atom is 0.310 e. The molecule has 118 valence electrons. The van der Waals surface area contributed by atoms with Crippen LogP contribution in [0.2, 0.25) is 5.02 Å². The lowest BCUT2D eigenvalue weighted by atomic mass is 9.74. The van der Waals surface area contributed by atoms with Crippen LogP contribution in [0, 0.1) is 5.41 Å². The van der Waals surface area contributed by atoms with Crippen molar-refractivity contribution in [2.75, 3.05) is 13.2 Å². The van der Waals surface area contributed by atoms with Gasteiger partial charge in [-0.2, -0.15) is 0 Å². The molecule has 1 rings (SSSR count). The van der Waals surface area contributed by atoms with Crippen LogP contribution in [0.3, 0.4) is 0 Å². The second-order valence-electron chi connectivity index (χ2n) is 6.14. The minimum Gasteiger partial charge on any atom is -0.494 e. The number of nitrogens with one attached hydrogen (secondary N) is 1. The fourth-order valence-electron chi connectivity index (χ4n) is 1.68. The molecular formula is C16H24ClNO3. The fourth-order valence-corrected chi connectivity index (χ4v) is 1.81. The van der Waals surface area contributed by atoms with Gasteiger partial charge in [0, 0.05) is 10.6 Å². The number of hydrogen-bond acceptors (Lipinski definition) is 3. The normalized spacial score (nSPS) is 12.2. The highest BCUT2D eigenvalue weighted by atomic mass is 35.5. The van der Waals surface area contributed by atoms with Crippen molar-refractivity contribution in [1.82, 2.24) is 5.32 Å². The zero-order valence-electron chi connectivity index (χ0n) is 13.1. The third kappa shape index (κ3) is 4.90. The van der Waals surface area contributed by atoms with Crippen LogP contribution in [-0.2, 0) is 4.79 Å². The molecule has 0 aliphatic rings. The van der Waals surface area contributed by atoms with E-state index in [-0.39, 0.29) is 0 Å². The Morgan fingerprint density at radius 3 is 2.33 bits per heavy atom. The molecule has 5 heteroatoms. The molecule has 0 aliphatic heterocycles. The molecule has 2 N–H and O–H groups in total. The molecular weight excluding hydrogens is 290 g/mol. The highest BCUT2D eigenvalue weighted by molar-refractivity contribution is 6.30. The molecule has 0 spiro atoms. The van der Waals surface area contributed by atoms with Crippen LogP contribution in [0.15, 0.2) is 24.3 Å². The number of carboxylic acids is 1. The van der Waals surface area contributed by atoms with E-state index < -0.39 is 16.9 Å². The highest BCUT2D eigenvalue weighted by Gasteiger charge is 2.42. The summed E-state index contributed by atoms with van der Waals surface area (Å²) < 4.78 is 5.59. The highest BCUT2D eigenvalue weighted by Crippen LogP contribution is 2.30.